The van der Waals surface area contributed by atoms with Crippen molar-refractivity contribution in [2.24, 2.45) is 7.05 Å². The van der Waals surface area contributed by atoms with E-state index in [2.05, 4.69) is 0 Å². The second kappa shape index (κ2) is 5.35. The molecular weight excluding hydrogens is 270 g/mol. The van der Waals surface area contributed by atoms with Gasteiger partial charge in [0.1, 0.15) is 12.6 Å². The van der Waals surface area contributed by atoms with Gasteiger partial charge < -0.3 is 14.4 Å². The summed E-state index contributed by atoms with van der Waals surface area (Å²) in [6.45, 7) is 0.669. The average molecular weight is 289 g/mol. The number of fused-ring (bicyclic) bond motifs is 1. The number of aryl methyl sites for hydroxylation is 1. The molecule has 1 atom stereocenters. The van der Waals surface area contributed by atoms with E-state index in [0.717, 1.165) is 12.8 Å². The molecule has 0 aliphatic carbocycles. The first kappa shape index (κ1) is 13.9. The molecule has 1 aromatic heterocycles. The van der Waals surface area contributed by atoms with Crippen molar-refractivity contribution < 1.29 is 14.4 Å². The second-order valence-corrected chi connectivity index (χ2v) is 5.78. The standard InChI is InChI=1S/C15H19N3O3/c1-16-7-5-11(8-16)13(19)9-17-10-14(20)18-6-3-2-4-12(18)15(17)21/h5,7-8,12H,2-4,6,9-10H2,1H3. The molecule has 2 fully saturated rings. The lowest BCUT2D eigenvalue weighted by atomic mass is 9.98. The van der Waals surface area contributed by atoms with Crippen LogP contribution in [0.25, 0.3) is 0 Å². The lowest BCUT2D eigenvalue weighted by Gasteiger charge is -2.42. The van der Waals surface area contributed by atoms with E-state index in [0.29, 0.717) is 18.5 Å². The largest absolute Gasteiger partial charge is 0.357 e. The van der Waals surface area contributed by atoms with Crippen LogP contribution in [0.4, 0.5) is 0 Å². The van der Waals surface area contributed by atoms with Gasteiger partial charge in [-0.05, 0) is 25.3 Å². The Morgan fingerprint density at radius 2 is 2.14 bits per heavy atom. The Morgan fingerprint density at radius 1 is 1.33 bits per heavy atom. The third kappa shape index (κ3) is 2.57. The summed E-state index contributed by atoms with van der Waals surface area (Å²) < 4.78 is 1.79. The minimum atomic E-state index is -0.358. The van der Waals surface area contributed by atoms with E-state index >= 15 is 0 Å². The molecule has 2 aliphatic rings. The summed E-state index contributed by atoms with van der Waals surface area (Å²) in [5.74, 6) is -0.250. The molecule has 3 heterocycles. The van der Waals surface area contributed by atoms with E-state index in [1.165, 1.54) is 4.90 Å². The molecule has 21 heavy (non-hydrogen) atoms. The van der Waals surface area contributed by atoms with E-state index in [1.807, 2.05) is 7.05 Å². The molecule has 1 unspecified atom stereocenters. The smallest absolute Gasteiger partial charge is 0.246 e. The molecule has 2 aliphatic heterocycles. The SMILES string of the molecule is Cn1ccc(C(=O)CN2CC(=O)N3CCCCC3C2=O)c1. The lowest BCUT2D eigenvalue weighted by molar-refractivity contribution is -0.157. The van der Waals surface area contributed by atoms with Gasteiger partial charge in [0.05, 0.1) is 6.54 Å². The van der Waals surface area contributed by atoms with Gasteiger partial charge in [0, 0.05) is 31.5 Å². The maximum Gasteiger partial charge on any atom is 0.246 e. The van der Waals surface area contributed by atoms with Crippen molar-refractivity contribution in [2.45, 2.75) is 25.3 Å². The third-order valence-electron chi connectivity index (χ3n) is 4.23. The van der Waals surface area contributed by atoms with E-state index in [-0.39, 0.29) is 36.7 Å². The highest BCUT2D eigenvalue weighted by molar-refractivity contribution is 6.02. The molecule has 0 aromatic carbocycles. The summed E-state index contributed by atoms with van der Waals surface area (Å²) in [4.78, 5) is 39.9. The van der Waals surface area contributed by atoms with Crippen LogP contribution in [0, 0.1) is 0 Å². The van der Waals surface area contributed by atoms with Crippen molar-refractivity contribution in [2.75, 3.05) is 19.6 Å². The molecule has 0 N–H and O–H groups in total. The summed E-state index contributed by atoms with van der Waals surface area (Å²) in [6, 6.07) is 1.37. The zero-order valence-electron chi connectivity index (χ0n) is 12.1. The topological polar surface area (TPSA) is 62.6 Å². The Kier molecular flexibility index (Phi) is 3.53. The molecule has 6 nitrogen and oxygen atoms in total. The van der Waals surface area contributed by atoms with Crippen molar-refractivity contribution in [3.8, 4) is 0 Å². The highest BCUT2D eigenvalue weighted by Crippen LogP contribution is 2.23. The number of piperazine rings is 1. The predicted octanol–water partition coefficient (Wildman–Crippen LogP) is 0.431. The van der Waals surface area contributed by atoms with E-state index in [1.54, 1.807) is 27.9 Å². The van der Waals surface area contributed by atoms with Crippen molar-refractivity contribution in [1.29, 1.82) is 0 Å². The minimum Gasteiger partial charge on any atom is -0.357 e. The van der Waals surface area contributed by atoms with Gasteiger partial charge in [-0.25, -0.2) is 0 Å². The van der Waals surface area contributed by atoms with Crippen LogP contribution < -0.4 is 0 Å². The quantitative estimate of drug-likeness (QED) is 0.758. The number of nitrogens with zero attached hydrogens (tertiary/aromatic N) is 3. The maximum atomic E-state index is 12.5. The highest BCUT2D eigenvalue weighted by atomic mass is 16.2. The van der Waals surface area contributed by atoms with Crippen LogP contribution >= 0.6 is 0 Å². The Balaban J connectivity index is 1.72. The molecule has 0 radical (unpaired) electrons. The molecule has 1 aromatic rings. The number of hydrogen-bond acceptors (Lipinski definition) is 3. The van der Waals surface area contributed by atoms with Crippen LogP contribution in [0.2, 0.25) is 0 Å². The Hall–Kier alpha value is -2.11. The molecule has 0 spiro atoms. The zero-order chi connectivity index (χ0) is 15.0. The van der Waals surface area contributed by atoms with Crippen LogP contribution in [0.15, 0.2) is 18.5 Å². The van der Waals surface area contributed by atoms with Crippen LogP contribution in [-0.4, -0.2) is 57.6 Å². The van der Waals surface area contributed by atoms with E-state index in [4.69, 9.17) is 0 Å². The van der Waals surface area contributed by atoms with E-state index < -0.39 is 0 Å². The molecule has 2 saturated heterocycles. The predicted molar refractivity (Wildman–Crippen MR) is 75.7 cm³/mol. The van der Waals surface area contributed by atoms with Crippen LogP contribution in [-0.2, 0) is 16.6 Å². The summed E-state index contributed by atoms with van der Waals surface area (Å²) in [7, 11) is 1.84. The van der Waals surface area contributed by atoms with Crippen molar-refractivity contribution in [3.63, 3.8) is 0 Å². The van der Waals surface area contributed by atoms with Crippen molar-refractivity contribution in [3.05, 3.63) is 24.0 Å². The maximum absolute atomic E-state index is 12.5. The molecule has 3 rings (SSSR count). The fraction of sp³-hybridized carbons (Fsp3) is 0.533. The van der Waals surface area contributed by atoms with Crippen LogP contribution in [0.5, 0.6) is 0 Å². The molecule has 0 bridgehead atoms. The van der Waals surface area contributed by atoms with Gasteiger partial charge in [-0.3, -0.25) is 14.4 Å². The molecule has 2 amide bonds. The number of carbonyl (C=O) groups is 3. The first-order valence-corrected chi connectivity index (χ1v) is 7.29. The number of hydrogen-bond donors (Lipinski definition) is 0. The van der Waals surface area contributed by atoms with Gasteiger partial charge in [-0.15, -0.1) is 0 Å². The normalized spacial score (nSPS) is 22.4. The summed E-state index contributed by atoms with van der Waals surface area (Å²) in [6.07, 6.45) is 6.14. The fourth-order valence-electron chi connectivity index (χ4n) is 3.10. The van der Waals surface area contributed by atoms with Crippen LogP contribution in [0.1, 0.15) is 29.6 Å². The minimum absolute atomic E-state index is 0.0150. The van der Waals surface area contributed by atoms with Gasteiger partial charge >= 0.3 is 0 Å². The fourth-order valence-corrected chi connectivity index (χ4v) is 3.10. The number of ketones is 1. The van der Waals surface area contributed by atoms with Gasteiger partial charge in [0.25, 0.3) is 0 Å². The zero-order valence-corrected chi connectivity index (χ0v) is 12.1. The van der Waals surface area contributed by atoms with Gasteiger partial charge in [0.2, 0.25) is 11.8 Å². The highest BCUT2D eigenvalue weighted by Gasteiger charge is 2.40. The number of piperidine rings is 1. The van der Waals surface area contributed by atoms with Gasteiger partial charge in [0.15, 0.2) is 5.78 Å². The van der Waals surface area contributed by atoms with Crippen molar-refractivity contribution >= 4 is 17.6 Å². The van der Waals surface area contributed by atoms with E-state index in [9.17, 15) is 14.4 Å². The summed E-state index contributed by atoms with van der Waals surface area (Å²) in [5.41, 5.74) is 0.573. The summed E-state index contributed by atoms with van der Waals surface area (Å²) >= 11 is 0. The number of Topliss-reactive ketones (excluding diaryl/α,β-unsaturated/α-hetero) is 1. The third-order valence-corrected chi connectivity index (χ3v) is 4.23. The summed E-state index contributed by atoms with van der Waals surface area (Å²) in [5, 5.41) is 0. The van der Waals surface area contributed by atoms with Crippen LogP contribution in [0.3, 0.4) is 0 Å². The molecular formula is C15H19N3O3. The first-order chi connectivity index (χ1) is 10.1. The average Bonchev–Trinajstić information content (AvgIpc) is 2.91. The van der Waals surface area contributed by atoms with Crippen molar-refractivity contribution in [1.82, 2.24) is 14.4 Å². The first-order valence-electron chi connectivity index (χ1n) is 7.29. The van der Waals surface area contributed by atoms with Gasteiger partial charge in [-0.2, -0.15) is 0 Å². The number of carbonyl (C=O) groups excluding carboxylic acids is 3. The Labute approximate surface area is 123 Å². The molecule has 112 valence electrons. The molecule has 0 saturated carbocycles. The molecule has 6 heteroatoms. The Bertz CT molecular complexity index is 593. The number of aromatic nitrogens is 1. The van der Waals surface area contributed by atoms with Gasteiger partial charge in [-0.1, -0.05) is 0 Å². The monoisotopic (exact) mass is 289 g/mol. The Morgan fingerprint density at radius 3 is 2.86 bits per heavy atom. The number of amides is 2. The lowest BCUT2D eigenvalue weighted by Crippen LogP contribution is -2.61. The number of rotatable bonds is 3. The second-order valence-electron chi connectivity index (χ2n) is 5.78.